The molecule has 5 rings (SSSR count). The first kappa shape index (κ1) is 19.8. The smallest absolute Gasteiger partial charge is 0.313 e. The van der Waals surface area contributed by atoms with Crippen LogP contribution in [0.25, 0.3) is 0 Å². The maximum atomic E-state index is 13.5. The van der Waals surface area contributed by atoms with Gasteiger partial charge in [-0.05, 0) is 64.2 Å². The van der Waals surface area contributed by atoms with Crippen molar-refractivity contribution in [3.05, 3.63) is 35.9 Å². The number of ether oxygens (including phenoxy) is 1. The van der Waals surface area contributed by atoms with Gasteiger partial charge in [-0.3, -0.25) is 9.59 Å². The molecule has 0 N–H and O–H groups in total. The number of carbonyl (C=O) groups excluding carboxylic acids is 2. The summed E-state index contributed by atoms with van der Waals surface area (Å²) >= 11 is 6.89. The normalized spacial score (nSPS) is 34.1. The van der Waals surface area contributed by atoms with E-state index < -0.39 is 11.5 Å². The average Bonchev–Trinajstić information content (AvgIpc) is 2.65. The molecule has 5 atom stereocenters. The van der Waals surface area contributed by atoms with E-state index in [1.54, 1.807) is 4.90 Å². The first-order chi connectivity index (χ1) is 13.4. The van der Waals surface area contributed by atoms with Crippen LogP contribution in [0.3, 0.4) is 0 Å². The van der Waals surface area contributed by atoms with Crippen LogP contribution in [0.4, 0.5) is 0 Å². The van der Waals surface area contributed by atoms with Crippen molar-refractivity contribution in [1.29, 1.82) is 0 Å². The maximum Gasteiger partial charge on any atom is 0.313 e. The lowest BCUT2D eigenvalue weighted by atomic mass is 9.49. The minimum Gasteiger partial charge on any atom is -0.447 e. The van der Waals surface area contributed by atoms with E-state index in [9.17, 15) is 9.59 Å². The van der Waals surface area contributed by atoms with E-state index in [0.717, 1.165) is 31.2 Å². The Hall–Kier alpha value is -1.55. The number of hydrogen-bond acceptors (Lipinski definition) is 3. The van der Waals surface area contributed by atoms with E-state index in [1.807, 2.05) is 44.2 Å². The molecule has 4 bridgehead atoms. The van der Waals surface area contributed by atoms with Gasteiger partial charge in [0, 0.05) is 23.5 Å². The zero-order chi connectivity index (χ0) is 19.9. The zero-order valence-electron chi connectivity index (χ0n) is 16.8. The molecule has 4 aliphatic rings. The third-order valence-electron chi connectivity index (χ3n) is 7.05. The lowest BCUT2D eigenvalue weighted by molar-refractivity contribution is -0.180. The molecule has 1 aromatic carbocycles. The highest BCUT2D eigenvalue weighted by atomic mass is 35.5. The molecule has 5 heteroatoms. The van der Waals surface area contributed by atoms with Gasteiger partial charge < -0.3 is 9.64 Å². The molecule has 1 aromatic rings. The van der Waals surface area contributed by atoms with Crippen LogP contribution in [0.2, 0.25) is 0 Å². The predicted molar refractivity (Wildman–Crippen MR) is 109 cm³/mol. The monoisotopic (exact) mass is 403 g/mol. The lowest BCUT2D eigenvalue weighted by Gasteiger charge is -2.58. The number of amides is 1. The fourth-order valence-electron chi connectivity index (χ4n) is 6.21. The van der Waals surface area contributed by atoms with E-state index in [4.69, 9.17) is 16.3 Å². The molecule has 0 aromatic heterocycles. The van der Waals surface area contributed by atoms with Crippen LogP contribution < -0.4 is 0 Å². The Labute approximate surface area is 172 Å². The second-order valence-electron chi connectivity index (χ2n) is 9.10. The Kier molecular flexibility index (Phi) is 5.20. The van der Waals surface area contributed by atoms with Gasteiger partial charge in [0.25, 0.3) is 5.91 Å². The van der Waals surface area contributed by atoms with Crippen molar-refractivity contribution in [2.45, 2.75) is 63.4 Å². The van der Waals surface area contributed by atoms with Crippen molar-refractivity contribution >= 4 is 23.5 Å². The molecule has 2 unspecified atom stereocenters. The van der Waals surface area contributed by atoms with E-state index >= 15 is 0 Å². The summed E-state index contributed by atoms with van der Waals surface area (Å²) in [4.78, 5) is 28.1. The summed E-state index contributed by atoms with van der Waals surface area (Å²) < 4.78 is 6.02. The van der Waals surface area contributed by atoms with Crippen molar-refractivity contribution in [1.82, 2.24) is 4.90 Å². The standard InChI is InChI=1S/C23H30ClNO3/c1-3-25(4-2)20(26)19(18-8-6-5-7-9-18)28-21(27)22-11-16-10-17(12-22)14-23(24,13-16)15-22/h5-9,16-17,19H,3-4,10-15H2,1-2H3/t16-,17+,19-,22?,23?/m0/s1. The molecule has 0 saturated heterocycles. The maximum absolute atomic E-state index is 13.5. The average molecular weight is 404 g/mol. The highest BCUT2D eigenvalue weighted by molar-refractivity contribution is 6.24. The number of alkyl halides is 1. The molecule has 1 amide bonds. The molecule has 0 aliphatic heterocycles. The molecular weight excluding hydrogens is 374 g/mol. The number of halogens is 1. The van der Waals surface area contributed by atoms with Crippen molar-refractivity contribution in [3.63, 3.8) is 0 Å². The molecule has 4 aliphatic carbocycles. The highest BCUT2D eigenvalue weighted by Gasteiger charge is 2.61. The number of esters is 1. The summed E-state index contributed by atoms with van der Waals surface area (Å²) in [5.41, 5.74) is 0.223. The molecule has 4 nitrogen and oxygen atoms in total. The first-order valence-electron chi connectivity index (χ1n) is 10.6. The Bertz CT molecular complexity index is 731. The van der Waals surface area contributed by atoms with E-state index in [-0.39, 0.29) is 16.8 Å². The molecule has 28 heavy (non-hydrogen) atoms. The second kappa shape index (κ2) is 7.37. The highest BCUT2D eigenvalue weighted by Crippen LogP contribution is 2.64. The lowest BCUT2D eigenvalue weighted by Crippen LogP contribution is -2.56. The van der Waals surface area contributed by atoms with Crippen LogP contribution in [-0.4, -0.2) is 34.7 Å². The van der Waals surface area contributed by atoms with Gasteiger partial charge in [-0.1, -0.05) is 30.3 Å². The van der Waals surface area contributed by atoms with Crippen molar-refractivity contribution in [2.24, 2.45) is 17.3 Å². The summed E-state index contributed by atoms with van der Waals surface area (Å²) in [6.07, 6.45) is 4.74. The van der Waals surface area contributed by atoms with Crippen LogP contribution in [0.5, 0.6) is 0 Å². The first-order valence-corrected chi connectivity index (χ1v) is 11.0. The Morgan fingerprint density at radius 3 is 2.25 bits per heavy atom. The SMILES string of the molecule is CCN(CC)C(=O)[C@@H](OC(=O)C12C[C@@H]3C[C@@H](CC(Cl)(C3)C1)C2)c1ccccc1. The van der Waals surface area contributed by atoms with Gasteiger partial charge in [0.15, 0.2) is 0 Å². The summed E-state index contributed by atoms with van der Waals surface area (Å²) in [5, 5.41) is 0. The molecular formula is C23H30ClNO3. The third-order valence-corrected chi connectivity index (χ3v) is 7.49. The van der Waals surface area contributed by atoms with Gasteiger partial charge in [0.05, 0.1) is 5.41 Å². The van der Waals surface area contributed by atoms with Gasteiger partial charge in [0.1, 0.15) is 0 Å². The Balaban J connectivity index is 1.60. The van der Waals surface area contributed by atoms with Crippen LogP contribution in [0.1, 0.15) is 64.0 Å². The van der Waals surface area contributed by atoms with Crippen molar-refractivity contribution in [3.8, 4) is 0 Å². The number of rotatable bonds is 6. The minimum atomic E-state index is -0.882. The molecule has 4 fully saturated rings. The quantitative estimate of drug-likeness (QED) is 0.510. The second-order valence-corrected chi connectivity index (χ2v) is 9.90. The van der Waals surface area contributed by atoms with Gasteiger partial charge in [-0.15, -0.1) is 11.6 Å². The fourth-order valence-corrected chi connectivity index (χ4v) is 6.90. The van der Waals surface area contributed by atoms with E-state index in [1.165, 1.54) is 6.42 Å². The van der Waals surface area contributed by atoms with Crippen LogP contribution in [-0.2, 0) is 14.3 Å². The third kappa shape index (κ3) is 3.45. The minimum absolute atomic E-state index is 0.144. The van der Waals surface area contributed by atoms with Gasteiger partial charge >= 0.3 is 5.97 Å². The molecule has 4 saturated carbocycles. The molecule has 0 heterocycles. The molecule has 0 spiro atoms. The van der Waals surface area contributed by atoms with Crippen LogP contribution >= 0.6 is 11.6 Å². The fraction of sp³-hybridized carbons (Fsp3) is 0.652. The van der Waals surface area contributed by atoms with E-state index in [2.05, 4.69) is 0 Å². The number of carbonyl (C=O) groups is 2. The summed E-state index contributed by atoms with van der Waals surface area (Å²) in [7, 11) is 0. The van der Waals surface area contributed by atoms with Gasteiger partial charge in [-0.2, -0.15) is 0 Å². The Morgan fingerprint density at radius 1 is 1.11 bits per heavy atom. The summed E-state index contributed by atoms with van der Waals surface area (Å²) in [6.45, 7) is 5.08. The Morgan fingerprint density at radius 2 is 1.71 bits per heavy atom. The summed E-state index contributed by atoms with van der Waals surface area (Å²) in [5.74, 6) is 0.663. The van der Waals surface area contributed by atoms with Gasteiger partial charge in [-0.25, -0.2) is 0 Å². The van der Waals surface area contributed by atoms with Crippen LogP contribution in [0, 0.1) is 17.3 Å². The molecule has 152 valence electrons. The number of nitrogens with zero attached hydrogens (tertiary/aromatic N) is 1. The largest absolute Gasteiger partial charge is 0.447 e. The molecule has 0 radical (unpaired) electrons. The van der Waals surface area contributed by atoms with Crippen LogP contribution in [0.15, 0.2) is 30.3 Å². The zero-order valence-corrected chi connectivity index (χ0v) is 17.6. The van der Waals surface area contributed by atoms with Crippen molar-refractivity contribution < 1.29 is 14.3 Å². The van der Waals surface area contributed by atoms with Crippen molar-refractivity contribution in [2.75, 3.05) is 13.1 Å². The number of likely N-dealkylation sites (N-methyl/N-ethyl adjacent to an activating group) is 1. The summed E-state index contributed by atoms with van der Waals surface area (Å²) in [6, 6.07) is 9.39. The van der Waals surface area contributed by atoms with Gasteiger partial charge in [0.2, 0.25) is 6.10 Å². The topological polar surface area (TPSA) is 46.6 Å². The number of hydrogen-bond donors (Lipinski definition) is 0. The van der Waals surface area contributed by atoms with E-state index in [0.29, 0.717) is 31.3 Å². The predicted octanol–water partition coefficient (Wildman–Crippen LogP) is 4.72. The number of benzene rings is 1.